The number of anilines is 1. The summed E-state index contributed by atoms with van der Waals surface area (Å²) in [5, 5.41) is 13.7. The maximum absolute atomic E-state index is 13.6. The standard InChI is InChI=1S/C13H9Br2FN2O2/c14-9-1-4-12(16)8(5-9)7-17-13-6-10(18(19)20)2-3-11(13)15/h1-6,17H,7H2. The van der Waals surface area contributed by atoms with Crippen LogP contribution in [0.25, 0.3) is 0 Å². The van der Waals surface area contributed by atoms with Crippen LogP contribution >= 0.6 is 31.9 Å². The fraction of sp³-hybridized carbons (Fsp3) is 0.0769. The van der Waals surface area contributed by atoms with E-state index in [1.807, 2.05) is 0 Å². The van der Waals surface area contributed by atoms with Gasteiger partial charge in [-0.25, -0.2) is 4.39 Å². The Hall–Kier alpha value is -1.47. The monoisotopic (exact) mass is 402 g/mol. The minimum absolute atomic E-state index is 0.0228. The Balaban J connectivity index is 2.20. The highest BCUT2D eigenvalue weighted by Crippen LogP contribution is 2.28. The third-order valence-electron chi connectivity index (χ3n) is 2.64. The van der Waals surface area contributed by atoms with E-state index in [1.54, 1.807) is 18.2 Å². The number of nitro groups is 1. The quantitative estimate of drug-likeness (QED) is 0.585. The van der Waals surface area contributed by atoms with Crippen molar-refractivity contribution in [1.82, 2.24) is 0 Å². The number of halogens is 3. The molecule has 0 heterocycles. The predicted molar refractivity (Wildman–Crippen MR) is 82.2 cm³/mol. The molecule has 104 valence electrons. The number of non-ortho nitro benzene ring substituents is 1. The van der Waals surface area contributed by atoms with E-state index in [0.29, 0.717) is 15.7 Å². The van der Waals surface area contributed by atoms with Gasteiger partial charge in [-0.2, -0.15) is 0 Å². The summed E-state index contributed by atoms with van der Waals surface area (Å²) in [6.07, 6.45) is 0. The van der Waals surface area contributed by atoms with Crippen molar-refractivity contribution < 1.29 is 9.31 Å². The summed E-state index contributed by atoms with van der Waals surface area (Å²) in [5.41, 5.74) is 0.988. The van der Waals surface area contributed by atoms with E-state index < -0.39 is 4.92 Å². The van der Waals surface area contributed by atoms with Crippen molar-refractivity contribution in [2.45, 2.75) is 6.54 Å². The summed E-state index contributed by atoms with van der Waals surface area (Å²) in [5.74, 6) is -0.331. The van der Waals surface area contributed by atoms with Crippen LogP contribution in [0.1, 0.15) is 5.56 Å². The second kappa shape index (κ2) is 6.32. The van der Waals surface area contributed by atoms with Gasteiger partial charge in [0.1, 0.15) is 5.82 Å². The molecular weight excluding hydrogens is 395 g/mol. The lowest BCUT2D eigenvalue weighted by Crippen LogP contribution is -2.03. The number of nitro benzene ring substituents is 1. The first-order valence-corrected chi connectivity index (χ1v) is 7.17. The van der Waals surface area contributed by atoms with Crippen LogP contribution in [0, 0.1) is 15.9 Å². The van der Waals surface area contributed by atoms with Crippen molar-refractivity contribution in [3.05, 3.63) is 66.8 Å². The molecule has 2 rings (SSSR count). The lowest BCUT2D eigenvalue weighted by atomic mass is 10.2. The fourth-order valence-corrected chi connectivity index (χ4v) is 2.43. The Kier molecular flexibility index (Phi) is 4.72. The molecule has 0 saturated carbocycles. The Morgan fingerprint density at radius 2 is 1.95 bits per heavy atom. The Morgan fingerprint density at radius 1 is 1.20 bits per heavy atom. The maximum Gasteiger partial charge on any atom is 0.271 e. The minimum Gasteiger partial charge on any atom is -0.380 e. The highest BCUT2D eigenvalue weighted by Gasteiger charge is 2.10. The maximum atomic E-state index is 13.6. The Labute approximate surface area is 131 Å². The van der Waals surface area contributed by atoms with E-state index in [1.165, 1.54) is 18.2 Å². The van der Waals surface area contributed by atoms with Gasteiger partial charge in [0.25, 0.3) is 5.69 Å². The molecule has 1 N–H and O–H groups in total. The fourth-order valence-electron chi connectivity index (χ4n) is 1.63. The first kappa shape index (κ1) is 14.9. The van der Waals surface area contributed by atoms with Gasteiger partial charge in [0.15, 0.2) is 0 Å². The predicted octanol–water partition coefficient (Wildman–Crippen LogP) is 4.87. The second-order valence-corrected chi connectivity index (χ2v) is 5.78. The average molecular weight is 404 g/mol. The molecule has 0 atom stereocenters. The van der Waals surface area contributed by atoms with E-state index in [9.17, 15) is 14.5 Å². The molecule has 0 aromatic heterocycles. The Bertz CT molecular complexity index is 665. The van der Waals surface area contributed by atoms with Crippen LogP contribution < -0.4 is 5.32 Å². The molecule has 0 unspecified atom stereocenters. The van der Waals surface area contributed by atoms with E-state index in [4.69, 9.17) is 0 Å². The Morgan fingerprint density at radius 3 is 2.65 bits per heavy atom. The number of nitrogens with zero attached hydrogens (tertiary/aromatic N) is 1. The molecule has 0 aliphatic carbocycles. The van der Waals surface area contributed by atoms with Crippen LogP contribution in [0.2, 0.25) is 0 Å². The molecule has 0 fully saturated rings. The van der Waals surface area contributed by atoms with E-state index >= 15 is 0 Å². The molecular formula is C13H9Br2FN2O2. The summed E-state index contributed by atoms with van der Waals surface area (Å²) >= 11 is 6.57. The number of rotatable bonds is 4. The molecule has 20 heavy (non-hydrogen) atoms. The zero-order chi connectivity index (χ0) is 14.7. The number of nitrogens with one attached hydrogen (secondary N) is 1. The summed E-state index contributed by atoms with van der Waals surface area (Å²) in [4.78, 5) is 10.3. The highest BCUT2D eigenvalue weighted by molar-refractivity contribution is 9.10. The van der Waals surface area contributed by atoms with Crippen molar-refractivity contribution in [2.24, 2.45) is 0 Å². The minimum atomic E-state index is -0.475. The van der Waals surface area contributed by atoms with Gasteiger partial charge in [-0.05, 0) is 40.2 Å². The molecule has 0 radical (unpaired) electrons. The molecule has 2 aromatic rings. The molecule has 0 bridgehead atoms. The van der Waals surface area contributed by atoms with Crippen LogP contribution in [0.3, 0.4) is 0 Å². The van der Waals surface area contributed by atoms with Gasteiger partial charge in [-0.3, -0.25) is 10.1 Å². The lowest BCUT2D eigenvalue weighted by Gasteiger charge is -2.09. The van der Waals surface area contributed by atoms with E-state index in [2.05, 4.69) is 37.2 Å². The molecule has 4 nitrogen and oxygen atoms in total. The van der Waals surface area contributed by atoms with Gasteiger partial charge in [-0.15, -0.1) is 0 Å². The number of benzene rings is 2. The first-order chi connectivity index (χ1) is 9.47. The zero-order valence-corrected chi connectivity index (χ0v) is 13.2. The number of hydrogen-bond acceptors (Lipinski definition) is 3. The van der Waals surface area contributed by atoms with Crippen LogP contribution in [-0.2, 0) is 6.54 Å². The van der Waals surface area contributed by atoms with Crippen molar-refractivity contribution >= 4 is 43.2 Å². The van der Waals surface area contributed by atoms with Crippen molar-refractivity contribution in [3.63, 3.8) is 0 Å². The molecule has 0 saturated heterocycles. The molecule has 0 amide bonds. The van der Waals surface area contributed by atoms with Crippen molar-refractivity contribution in [1.29, 1.82) is 0 Å². The largest absolute Gasteiger partial charge is 0.380 e. The van der Waals surface area contributed by atoms with Gasteiger partial charge < -0.3 is 5.32 Å². The zero-order valence-electron chi connectivity index (χ0n) is 10.1. The second-order valence-electron chi connectivity index (χ2n) is 4.01. The first-order valence-electron chi connectivity index (χ1n) is 5.59. The normalized spacial score (nSPS) is 10.3. The summed E-state index contributed by atoms with van der Waals surface area (Å²) in [6.45, 7) is 0.227. The molecule has 0 aliphatic rings. The number of hydrogen-bond donors (Lipinski definition) is 1. The van der Waals surface area contributed by atoms with Crippen LogP contribution in [-0.4, -0.2) is 4.92 Å². The van der Waals surface area contributed by atoms with Crippen LogP contribution in [0.15, 0.2) is 45.3 Å². The van der Waals surface area contributed by atoms with E-state index in [0.717, 1.165) is 4.47 Å². The van der Waals surface area contributed by atoms with Gasteiger partial charge in [0.2, 0.25) is 0 Å². The lowest BCUT2D eigenvalue weighted by molar-refractivity contribution is -0.384. The average Bonchev–Trinajstić information content (AvgIpc) is 2.41. The third kappa shape index (κ3) is 3.55. The van der Waals surface area contributed by atoms with Gasteiger partial charge in [-0.1, -0.05) is 15.9 Å². The summed E-state index contributed by atoms with van der Waals surface area (Å²) in [7, 11) is 0. The van der Waals surface area contributed by atoms with Crippen molar-refractivity contribution in [2.75, 3.05) is 5.32 Å². The van der Waals surface area contributed by atoms with Gasteiger partial charge >= 0.3 is 0 Å². The van der Waals surface area contributed by atoms with Crippen molar-refractivity contribution in [3.8, 4) is 0 Å². The van der Waals surface area contributed by atoms with Crippen LogP contribution in [0.4, 0.5) is 15.8 Å². The SMILES string of the molecule is O=[N+]([O-])c1ccc(Br)c(NCc2cc(Br)ccc2F)c1. The van der Waals surface area contributed by atoms with Gasteiger partial charge in [0, 0.05) is 33.2 Å². The molecule has 0 aliphatic heterocycles. The summed E-state index contributed by atoms with van der Waals surface area (Å²) < 4.78 is 15.1. The molecule has 0 spiro atoms. The highest BCUT2D eigenvalue weighted by atomic mass is 79.9. The van der Waals surface area contributed by atoms with Gasteiger partial charge in [0.05, 0.1) is 10.6 Å². The third-order valence-corrected chi connectivity index (χ3v) is 3.82. The smallest absolute Gasteiger partial charge is 0.271 e. The topological polar surface area (TPSA) is 55.2 Å². The molecule has 2 aromatic carbocycles. The summed E-state index contributed by atoms with van der Waals surface area (Å²) in [6, 6.07) is 9.02. The van der Waals surface area contributed by atoms with Crippen LogP contribution in [0.5, 0.6) is 0 Å². The molecule has 7 heteroatoms. The van der Waals surface area contributed by atoms with E-state index in [-0.39, 0.29) is 18.0 Å².